The van der Waals surface area contributed by atoms with E-state index in [4.69, 9.17) is 0 Å². The molecule has 0 atom stereocenters. The molecule has 0 radical (unpaired) electrons. The highest BCUT2D eigenvalue weighted by Crippen LogP contribution is 2.25. The molecule has 1 N–H and O–H groups in total. The van der Waals surface area contributed by atoms with E-state index < -0.39 is 0 Å². The Morgan fingerprint density at radius 3 is 2.47 bits per heavy atom. The summed E-state index contributed by atoms with van der Waals surface area (Å²) in [5.74, 6) is 0.947. The van der Waals surface area contributed by atoms with Gasteiger partial charge in [0.15, 0.2) is 0 Å². The molecule has 1 aromatic rings. The van der Waals surface area contributed by atoms with Crippen LogP contribution < -0.4 is 10.2 Å². The topological polar surface area (TPSA) is 41.0 Å². The van der Waals surface area contributed by atoms with E-state index in [1.54, 1.807) is 0 Å². The minimum Gasteiger partial charge on any atom is -0.346 e. The Kier molecular flexibility index (Phi) is 5.33. The van der Waals surface area contributed by atoms with Gasteiger partial charge in [0, 0.05) is 36.6 Å². The van der Waals surface area contributed by atoms with E-state index in [2.05, 4.69) is 47.3 Å². The molecule has 0 aliphatic heterocycles. The molecular weight excluding hydrogens is 232 g/mol. The first-order valence-corrected chi connectivity index (χ1v) is 7.00. The lowest BCUT2D eigenvalue weighted by Gasteiger charge is -2.20. The van der Waals surface area contributed by atoms with Gasteiger partial charge in [-0.3, -0.25) is 0 Å². The second kappa shape index (κ2) is 6.31. The number of rotatable bonds is 6. The van der Waals surface area contributed by atoms with Crippen LogP contribution in [0, 0.1) is 0 Å². The molecule has 0 aliphatic carbocycles. The molecule has 0 aliphatic rings. The first-order chi connectivity index (χ1) is 7.99. The van der Waals surface area contributed by atoms with Crippen LogP contribution in [-0.4, -0.2) is 36.0 Å². The summed E-state index contributed by atoms with van der Waals surface area (Å²) in [5.41, 5.74) is 0.0373. The lowest BCUT2D eigenvalue weighted by atomic mass is 9.96. The van der Waals surface area contributed by atoms with Crippen molar-refractivity contribution in [2.24, 2.45) is 0 Å². The Morgan fingerprint density at radius 1 is 1.29 bits per heavy atom. The molecule has 98 valence electrons. The summed E-state index contributed by atoms with van der Waals surface area (Å²) in [6.07, 6.45) is 1.13. The van der Waals surface area contributed by atoms with Crippen molar-refractivity contribution in [1.82, 2.24) is 14.7 Å². The Balaban J connectivity index is 2.76. The largest absolute Gasteiger partial charge is 0.346 e. The number of anilines is 1. The Hall–Kier alpha value is -0.680. The lowest BCUT2D eigenvalue weighted by Crippen LogP contribution is -2.31. The molecule has 0 spiro atoms. The second-order valence-corrected chi connectivity index (χ2v) is 5.97. The molecule has 0 bridgehead atoms. The number of nitrogens with one attached hydrogen (secondary N) is 1. The van der Waals surface area contributed by atoms with Gasteiger partial charge < -0.3 is 10.2 Å². The monoisotopic (exact) mass is 256 g/mol. The van der Waals surface area contributed by atoms with Gasteiger partial charge >= 0.3 is 0 Å². The molecule has 1 aromatic heterocycles. The Labute approximate surface area is 109 Å². The molecular formula is C12H24N4S. The zero-order valence-electron chi connectivity index (χ0n) is 11.6. The highest BCUT2D eigenvalue weighted by molar-refractivity contribution is 7.09. The van der Waals surface area contributed by atoms with Crippen molar-refractivity contribution >= 4 is 16.7 Å². The summed E-state index contributed by atoms with van der Waals surface area (Å²) in [6, 6.07) is 0. The van der Waals surface area contributed by atoms with Crippen molar-refractivity contribution in [2.45, 2.75) is 39.5 Å². The molecule has 0 unspecified atom stereocenters. The van der Waals surface area contributed by atoms with Crippen LogP contribution in [0.3, 0.4) is 0 Å². The van der Waals surface area contributed by atoms with Crippen LogP contribution in [0.2, 0.25) is 0 Å². The van der Waals surface area contributed by atoms with Crippen LogP contribution in [0.15, 0.2) is 0 Å². The summed E-state index contributed by atoms with van der Waals surface area (Å²) in [6.45, 7) is 11.6. The Morgan fingerprint density at radius 2 is 2.00 bits per heavy atom. The predicted octanol–water partition coefficient (Wildman–Crippen LogP) is 2.27. The summed E-state index contributed by atoms with van der Waals surface area (Å²) in [4.78, 5) is 6.97. The molecule has 1 heterocycles. The molecule has 0 saturated heterocycles. The average Bonchev–Trinajstić information content (AvgIpc) is 2.72. The molecule has 1 rings (SSSR count). The maximum Gasteiger partial charge on any atom is 0.205 e. The van der Waals surface area contributed by atoms with Crippen LogP contribution >= 0.6 is 11.5 Å². The summed E-state index contributed by atoms with van der Waals surface area (Å²) in [5, 5.41) is 4.23. The van der Waals surface area contributed by atoms with Crippen LogP contribution in [0.25, 0.3) is 0 Å². The van der Waals surface area contributed by atoms with E-state index in [1.807, 2.05) is 7.05 Å². The standard InChI is InChI=1S/C12H24N4S/c1-6-8-16(9-7-13-5)11-14-10(15-17-11)12(2,3)4/h13H,6-9H2,1-5H3. The van der Waals surface area contributed by atoms with Gasteiger partial charge in [-0.05, 0) is 13.5 Å². The smallest absolute Gasteiger partial charge is 0.205 e. The minimum absolute atomic E-state index is 0.0373. The van der Waals surface area contributed by atoms with Gasteiger partial charge in [0.1, 0.15) is 5.82 Å². The van der Waals surface area contributed by atoms with Crippen molar-refractivity contribution in [3.8, 4) is 0 Å². The molecule has 0 fully saturated rings. The van der Waals surface area contributed by atoms with Gasteiger partial charge in [-0.1, -0.05) is 27.7 Å². The van der Waals surface area contributed by atoms with Crippen molar-refractivity contribution in [3.63, 3.8) is 0 Å². The number of hydrogen-bond acceptors (Lipinski definition) is 5. The molecule has 5 heteroatoms. The summed E-state index contributed by atoms with van der Waals surface area (Å²) >= 11 is 1.51. The fraction of sp³-hybridized carbons (Fsp3) is 0.833. The summed E-state index contributed by atoms with van der Waals surface area (Å²) in [7, 11) is 1.98. The number of aromatic nitrogens is 2. The van der Waals surface area contributed by atoms with Gasteiger partial charge in [-0.25, -0.2) is 4.98 Å². The predicted molar refractivity (Wildman–Crippen MR) is 75.0 cm³/mol. The normalized spacial score (nSPS) is 11.8. The number of hydrogen-bond donors (Lipinski definition) is 1. The van der Waals surface area contributed by atoms with Crippen molar-refractivity contribution in [3.05, 3.63) is 5.82 Å². The van der Waals surface area contributed by atoms with Gasteiger partial charge in [-0.2, -0.15) is 4.37 Å². The molecule has 4 nitrogen and oxygen atoms in total. The highest BCUT2D eigenvalue weighted by Gasteiger charge is 2.21. The fourth-order valence-corrected chi connectivity index (χ4v) is 2.38. The molecule has 0 saturated carbocycles. The quantitative estimate of drug-likeness (QED) is 0.848. The third kappa shape index (κ3) is 4.24. The molecule has 0 aromatic carbocycles. The van der Waals surface area contributed by atoms with E-state index in [0.29, 0.717) is 0 Å². The summed E-state index contributed by atoms with van der Waals surface area (Å²) < 4.78 is 4.47. The van der Waals surface area contributed by atoms with Crippen LogP contribution in [0.4, 0.5) is 5.13 Å². The third-order valence-corrected chi connectivity index (χ3v) is 3.26. The van der Waals surface area contributed by atoms with Crippen LogP contribution in [0.1, 0.15) is 39.9 Å². The lowest BCUT2D eigenvalue weighted by molar-refractivity contribution is 0.553. The van der Waals surface area contributed by atoms with E-state index in [0.717, 1.165) is 37.0 Å². The van der Waals surface area contributed by atoms with E-state index in [-0.39, 0.29) is 5.41 Å². The number of likely N-dealkylation sites (N-methyl/N-ethyl adjacent to an activating group) is 1. The van der Waals surface area contributed by atoms with E-state index in [1.165, 1.54) is 11.5 Å². The van der Waals surface area contributed by atoms with Crippen LogP contribution in [-0.2, 0) is 5.41 Å². The average molecular weight is 256 g/mol. The Bertz CT molecular complexity index is 329. The molecule has 0 amide bonds. The van der Waals surface area contributed by atoms with E-state index in [9.17, 15) is 0 Å². The minimum atomic E-state index is 0.0373. The van der Waals surface area contributed by atoms with Crippen molar-refractivity contribution < 1.29 is 0 Å². The fourth-order valence-electron chi connectivity index (χ4n) is 1.47. The van der Waals surface area contributed by atoms with E-state index >= 15 is 0 Å². The second-order valence-electron chi connectivity index (χ2n) is 5.24. The maximum absolute atomic E-state index is 4.66. The van der Waals surface area contributed by atoms with Gasteiger partial charge in [-0.15, -0.1) is 0 Å². The first kappa shape index (κ1) is 14.4. The van der Waals surface area contributed by atoms with Gasteiger partial charge in [0.25, 0.3) is 0 Å². The zero-order chi connectivity index (χ0) is 12.9. The van der Waals surface area contributed by atoms with Gasteiger partial charge in [0.05, 0.1) is 0 Å². The van der Waals surface area contributed by atoms with Gasteiger partial charge in [0.2, 0.25) is 5.13 Å². The van der Waals surface area contributed by atoms with Crippen molar-refractivity contribution in [2.75, 3.05) is 31.6 Å². The zero-order valence-corrected chi connectivity index (χ0v) is 12.4. The van der Waals surface area contributed by atoms with Crippen LogP contribution in [0.5, 0.6) is 0 Å². The SMILES string of the molecule is CCCN(CCNC)c1nc(C(C)(C)C)ns1. The maximum atomic E-state index is 4.66. The third-order valence-electron chi connectivity index (χ3n) is 2.48. The van der Waals surface area contributed by atoms with Crippen molar-refractivity contribution in [1.29, 1.82) is 0 Å². The highest BCUT2D eigenvalue weighted by atomic mass is 32.1. The number of nitrogens with zero attached hydrogens (tertiary/aromatic N) is 3. The first-order valence-electron chi connectivity index (χ1n) is 6.22. The molecule has 17 heavy (non-hydrogen) atoms.